The number of non-ortho nitro benzene ring substituents is 1. The maximum Gasteiger partial charge on any atom is 0.281 e. The van der Waals surface area contributed by atoms with E-state index in [1.807, 2.05) is 0 Å². The van der Waals surface area contributed by atoms with Crippen molar-refractivity contribution in [3.8, 4) is 0 Å². The van der Waals surface area contributed by atoms with Gasteiger partial charge in [-0.25, -0.2) is 4.68 Å². The van der Waals surface area contributed by atoms with Gasteiger partial charge in [0, 0.05) is 20.7 Å². The highest BCUT2D eigenvalue weighted by atomic mass is 28.3. The molecule has 0 fully saturated rings. The molecule has 2 N–H and O–H groups in total. The Bertz CT molecular complexity index is 751. The van der Waals surface area contributed by atoms with Crippen molar-refractivity contribution in [1.82, 2.24) is 9.78 Å². The highest BCUT2D eigenvalue weighted by Crippen LogP contribution is 2.28. The Labute approximate surface area is 134 Å². The Hall–Kier alpha value is -2.26. The van der Waals surface area contributed by atoms with Gasteiger partial charge in [0.05, 0.1) is 10.4 Å². The zero-order chi connectivity index (χ0) is 17.2. The smallest absolute Gasteiger partial charge is 0.281 e. The number of rotatable bonds is 7. The van der Waals surface area contributed by atoms with Crippen molar-refractivity contribution in [2.45, 2.75) is 32.4 Å². The van der Waals surface area contributed by atoms with Crippen LogP contribution in [0.1, 0.15) is 10.5 Å². The number of aromatic nitrogens is 2. The molecule has 0 saturated heterocycles. The lowest BCUT2D eigenvalue weighted by molar-refractivity contribution is -0.383. The van der Waals surface area contributed by atoms with Crippen LogP contribution in [0.5, 0.6) is 0 Å². The van der Waals surface area contributed by atoms with Crippen molar-refractivity contribution in [3.63, 3.8) is 0 Å². The second kappa shape index (κ2) is 6.47. The number of hydrogen-bond donors (Lipinski definition) is 1. The Morgan fingerprint density at radius 3 is 2.70 bits per heavy atom. The van der Waals surface area contributed by atoms with E-state index in [0.29, 0.717) is 12.1 Å². The van der Waals surface area contributed by atoms with E-state index in [-0.39, 0.29) is 23.5 Å². The number of nitrogens with zero attached hydrogens (tertiary/aromatic N) is 3. The molecule has 0 bridgehead atoms. The quantitative estimate of drug-likeness (QED) is 0.361. The zero-order valence-corrected chi connectivity index (χ0v) is 14.4. The second-order valence-electron chi connectivity index (χ2n) is 6.49. The first kappa shape index (κ1) is 17.1. The van der Waals surface area contributed by atoms with Gasteiger partial charge in [0.15, 0.2) is 5.69 Å². The summed E-state index contributed by atoms with van der Waals surface area (Å²) in [5.74, 6) is -0.801. The number of carbonyl (C=O) groups excluding carboxylic acids is 1. The van der Waals surface area contributed by atoms with E-state index >= 15 is 0 Å². The molecular weight excluding hydrogens is 316 g/mol. The minimum absolute atomic E-state index is 0.110. The number of fused-ring (bicyclic) bond motifs is 1. The SMILES string of the molecule is C[Si](C)(C)CCOCn1nc(C(N)=O)c2c([N+](=O)[O-])cccc21. The van der Waals surface area contributed by atoms with Crippen molar-refractivity contribution in [2.75, 3.05) is 6.61 Å². The van der Waals surface area contributed by atoms with E-state index in [2.05, 4.69) is 24.7 Å². The summed E-state index contributed by atoms with van der Waals surface area (Å²) in [6.45, 7) is 7.43. The van der Waals surface area contributed by atoms with Crippen molar-refractivity contribution >= 4 is 30.6 Å². The van der Waals surface area contributed by atoms with E-state index in [4.69, 9.17) is 10.5 Å². The number of hydrogen-bond acceptors (Lipinski definition) is 5. The van der Waals surface area contributed by atoms with Crippen molar-refractivity contribution < 1.29 is 14.5 Å². The summed E-state index contributed by atoms with van der Waals surface area (Å²) < 4.78 is 7.05. The first-order valence-electron chi connectivity index (χ1n) is 7.22. The van der Waals surface area contributed by atoms with Gasteiger partial charge in [-0.05, 0) is 12.1 Å². The first-order chi connectivity index (χ1) is 10.7. The Kier molecular flexibility index (Phi) is 4.81. The predicted octanol–water partition coefficient (Wildman–Crippen LogP) is 2.36. The number of benzene rings is 1. The predicted molar refractivity (Wildman–Crippen MR) is 89.0 cm³/mol. The van der Waals surface area contributed by atoms with Crippen molar-refractivity contribution in [1.29, 1.82) is 0 Å². The van der Waals surface area contributed by atoms with E-state index in [1.54, 1.807) is 12.1 Å². The van der Waals surface area contributed by atoms with Crippen LogP contribution in [0.25, 0.3) is 10.9 Å². The maximum atomic E-state index is 11.6. The summed E-state index contributed by atoms with van der Waals surface area (Å²) in [6.07, 6.45) is 0. The van der Waals surface area contributed by atoms with E-state index in [1.165, 1.54) is 10.7 Å². The molecule has 0 saturated carbocycles. The number of nitrogens with two attached hydrogens (primary N) is 1. The standard InChI is InChI=1S/C14H20N4O4Si/c1-23(2,3)8-7-22-9-17-10-5-4-6-11(18(20)21)12(10)13(16-17)14(15)19/h4-6H,7-9H2,1-3H3,(H2,15,19). The number of ether oxygens (including phenoxy) is 1. The second-order valence-corrected chi connectivity index (χ2v) is 12.1. The largest absolute Gasteiger partial charge is 0.364 e. The molecule has 0 atom stereocenters. The molecule has 8 nitrogen and oxygen atoms in total. The van der Waals surface area contributed by atoms with Crippen LogP contribution in [-0.2, 0) is 11.5 Å². The molecular formula is C14H20N4O4Si. The Morgan fingerprint density at radius 1 is 1.43 bits per heavy atom. The molecule has 2 aromatic rings. The topological polar surface area (TPSA) is 113 Å². The number of primary amides is 1. The van der Waals surface area contributed by atoms with Gasteiger partial charge in [-0.3, -0.25) is 14.9 Å². The lowest BCUT2D eigenvalue weighted by Gasteiger charge is -2.15. The molecule has 1 heterocycles. The van der Waals surface area contributed by atoms with Crippen LogP contribution in [0.15, 0.2) is 18.2 Å². The van der Waals surface area contributed by atoms with Crippen molar-refractivity contribution in [2.24, 2.45) is 5.73 Å². The Balaban J connectivity index is 2.33. The lowest BCUT2D eigenvalue weighted by Crippen LogP contribution is -2.22. The maximum absolute atomic E-state index is 11.6. The van der Waals surface area contributed by atoms with Gasteiger partial charge >= 0.3 is 0 Å². The highest BCUT2D eigenvalue weighted by molar-refractivity contribution is 6.76. The molecule has 1 aromatic heterocycles. The molecule has 0 aliphatic rings. The molecule has 0 spiro atoms. The van der Waals surface area contributed by atoms with Crippen LogP contribution in [-0.4, -0.2) is 35.3 Å². The third-order valence-electron chi connectivity index (χ3n) is 3.40. The van der Waals surface area contributed by atoms with Crippen LogP contribution in [0.4, 0.5) is 5.69 Å². The first-order valence-corrected chi connectivity index (χ1v) is 10.9. The molecule has 1 amide bonds. The van der Waals surface area contributed by atoms with E-state index in [9.17, 15) is 14.9 Å². The molecule has 2 rings (SSSR count). The minimum Gasteiger partial charge on any atom is -0.364 e. The average molecular weight is 336 g/mol. The van der Waals surface area contributed by atoms with Gasteiger partial charge in [0.2, 0.25) is 0 Å². The monoisotopic (exact) mass is 336 g/mol. The average Bonchev–Trinajstić information content (AvgIpc) is 2.81. The summed E-state index contributed by atoms with van der Waals surface area (Å²) in [5, 5.41) is 15.4. The van der Waals surface area contributed by atoms with Gasteiger partial charge in [0.1, 0.15) is 12.1 Å². The normalized spacial score (nSPS) is 11.8. The summed E-state index contributed by atoms with van der Waals surface area (Å²) in [4.78, 5) is 22.2. The van der Waals surface area contributed by atoms with Crippen LogP contribution < -0.4 is 5.73 Å². The lowest BCUT2D eigenvalue weighted by atomic mass is 10.1. The zero-order valence-electron chi connectivity index (χ0n) is 13.4. The fraction of sp³-hybridized carbons (Fsp3) is 0.429. The number of carbonyl (C=O) groups is 1. The van der Waals surface area contributed by atoms with Crippen molar-refractivity contribution in [3.05, 3.63) is 34.0 Å². The summed E-state index contributed by atoms with van der Waals surface area (Å²) in [5.41, 5.74) is 5.46. The van der Waals surface area contributed by atoms with E-state index in [0.717, 1.165) is 6.04 Å². The summed E-state index contributed by atoms with van der Waals surface area (Å²) >= 11 is 0. The molecule has 0 aliphatic carbocycles. The molecule has 0 aliphatic heterocycles. The molecule has 0 radical (unpaired) electrons. The van der Waals surface area contributed by atoms with Gasteiger partial charge in [-0.15, -0.1) is 0 Å². The van der Waals surface area contributed by atoms with Gasteiger partial charge in [0.25, 0.3) is 11.6 Å². The number of nitro groups is 1. The van der Waals surface area contributed by atoms with Crippen LogP contribution in [0, 0.1) is 10.1 Å². The Morgan fingerprint density at radius 2 is 2.13 bits per heavy atom. The summed E-state index contributed by atoms with van der Waals surface area (Å²) in [7, 11) is -1.20. The fourth-order valence-corrected chi connectivity index (χ4v) is 2.92. The molecule has 9 heteroatoms. The molecule has 0 unspecified atom stereocenters. The van der Waals surface area contributed by atoms with Gasteiger partial charge in [-0.1, -0.05) is 25.7 Å². The van der Waals surface area contributed by atoms with Gasteiger partial charge in [-0.2, -0.15) is 5.10 Å². The number of amides is 1. The highest BCUT2D eigenvalue weighted by Gasteiger charge is 2.23. The third kappa shape index (κ3) is 3.93. The molecule has 124 valence electrons. The van der Waals surface area contributed by atoms with Gasteiger partial charge < -0.3 is 10.5 Å². The molecule has 1 aromatic carbocycles. The summed E-state index contributed by atoms with van der Waals surface area (Å²) in [6, 6.07) is 5.52. The van der Waals surface area contributed by atoms with Crippen LogP contribution in [0.3, 0.4) is 0 Å². The minimum atomic E-state index is -1.20. The number of nitro benzene ring substituents is 1. The van der Waals surface area contributed by atoms with Crippen LogP contribution >= 0.6 is 0 Å². The molecule has 23 heavy (non-hydrogen) atoms. The van der Waals surface area contributed by atoms with Crippen LogP contribution in [0.2, 0.25) is 25.7 Å². The van der Waals surface area contributed by atoms with E-state index < -0.39 is 18.9 Å². The fourth-order valence-electron chi connectivity index (χ4n) is 2.16. The third-order valence-corrected chi connectivity index (χ3v) is 5.10.